The Balaban J connectivity index is 1.59. The third-order valence-electron chi connectivity index (χ3n) is 5.15. The molecule has 168 valence electrons. The zero-order valence-electron chi connectivity index (χ0n) is 19.3. The minimum absolute atomic E-state index is 0.112. The number of hydrogen-bond acceptors (Lipinski definition) is 3. The van der Waals surface area contributed by atoms with Crippen LogP contribution in [-0.2, 0) is 21.4 Å². The Hall–Kier alpha value is -3.41. The number of nitrogens with zero attached hydrogens (tertiary/aromatic N) is 2. The molecule has 3 aromatic rings. The minimum Gasteiger partial charge on any atom is -0.356 e. The van der Waals surface area contributed by atoms with Crippen molar-refractivity contribution in [2.75, 3.05) is 11.9 Å². The van der Waals surface area contributed by atoms with E-state index in [9.17, 15) is 9.59 Å². The molecule has 6 heteroatoms. The third kappa shape index (κ3) is 6.54. The molecule has 1 aromatic heterocycles. The van der Waals surface area contributed by atoms with Crippen LogP contribution in [0.3, 0.4) is 0 Å². The van der Waals surface area contributed by atoms with E-state index in [-0.39, 0.29) is 30.1 Å². The standard InChI is InChI=1S/C26H32N4O2/c1-19-9-8-12-21(17-19)30-23(18-22(29-30)26(2,3)4)28-25(32)14-13-24(31)27-16-15-20-10-6-5-7-11-20/h5-12,17-18H,13-16H2,1-4H3,(H,27,31)(H,28,32). The molecule has 2 aromatic carbocycles. The maximum atomic E-state index is 12.6. The van der Waals surface area contributed by atoms with E-state index in [1.807, 2.05) is 67.6 Å². The van der Waals surface area contributed by atoms with Crippen LogP contribution in [0, 0.1) is 6.92 Å². The molecule has 0 unspecified atom stereocenters. The largest absolute Gasteiger partial charge is 0.356 e. The van der Waals surface area contributed by atoms with Gasteiger partial charge in [0.15, 0.2) is 0 Å². The second-order valence-corrected chi connectivity index (χ2v) is 9.05. The maximum absolute atomic E-state index is 12.6. The van der Waals surface area contributed by atoms with Crippen LogP contribution >= 0.6 is 0 Å². The first-order chi connectivity index (χ1) is 15.2. The lowest BCUT2D eigenvalue weighted by Crippen LogP contribution is -2.27. The summed E-state index contributed by atoms with van der Waals surface area (Å²) < 4.78 is 1.76. The molecule has 0 radical (unpaired) electrons. The van der Waals surface area contributed by atoms with Gasteiger partial charge in [-0.3, -0.25) is 9.59 Å². The van der Waals surface area contributed by atoms with Gasteiger partial charge in [-0.05, 0) is 36.6 Å². The van der Waals surface area contributed by atoms with E-state index >= 15 is 0 Å². The van der Waals surface area contributed by atoms with Crippen LogP contribution < -0.4 is 10.6 Å². The van der Waals surface area contributed by atoms with Crippen LogP contribution in [0.5, 0.6) is 0 Å². The van der Waals surface area contributed by atoms with Crippen LogP contribution in [0.1, 0.15) is 50.4 Å². The van der Waals surface area contributed by atoms with E-state index in [2.05, 4.69) is 31.4 Å². The van der Waals surface area contributed by atoms with Gasteiger partial charge in [0.05, 0.1) is 11.4 Å². The molecule has 0 fully saturated rings. The van der Waals surface area contributed by atoms with E-state index in [0.717, 1.165) is 23.4 Å². The van der Waals surface area contributed by atoms with Gasteiger partial charge in [0.1, 0.15) is 5.82 Å². The molecule has 32 heavy (non-hydrogen) atoms. The Kier molecular flexibility index (Phi) is 7.46. The topological polar surface area (TPSA) is 76.0 Å². The second-order valence-electron chi connectivity index (χ2n) is 9.05. The zero-order valence-corrected chi connectivity index (χ0v) is 19.3. The summed E-state index contributed by atoms with van der Waals surface area (Å²) in [6.45, 7) is 8.83. The number of aromatic nitrogens is 2. The fraction of sp³-hybridized carbons (Fsp3) is 0.346. The fourth-order valence-corrected chi connectivity index (χ4v) is 3.30. The number of hydrogen-bond donors (Lipinski definition) is 2. The van der Waals surface area contributed by atoms with Crippen molar-refractivity contribution in [1.82, 2.24) is 15.1 Å². The molecule has 0 aliphatic carbocycles. The molecule has 3 rings (SSSR count). The highest BCUT2D eigenvalue weighted by atomic mass is 16.2. The summed E-state index contributed by atoms with van der Waals surface area (Å²) in [5.41, 5.74) is 3.89. The average molecular weight is 433 g/mol. The number of nitrogens with one attached hydrogen (secondary N) is 2. The first-order valence-electron chi connectivity index (χ1n) is 11.0. The normalized spacial score (nSPS) is 11.2. The lowest BCUT2D eigenvalue weighted by Gasteiger charge is -2.14. The highest BCUT2D eigenvalue weighted by molar-refractivity contribution is 5.92. The van der Waals surface area contributed by atoms with E-state index < -0.39 is 0 Å². The molecule has 0 aliphatic heterocycles. The Morgan fingerprint density at radius 1 is 0.938 bits per heavy atom. The van der Waals surface area contributed by atoms with Gasteiger partial charge in [-0.25, -0.2) is 4.68 Å². The number of amides is 2. The van der Waals surface area contributed by atoms with Gasteiger partial charge in [0.2, 0.25) is 11.8 Å². The highest BCUT2D eigenvalue weighted by Gasteiger charge is 2.21. The summed E-state index contributed by atoms with van der Waals surface area (Å²) in [5.74, 6) is 0.270. The van der Waals surface area contributed by atoms with Crippen molar-refractivity contribution in [3.05, 3.63) is 77.5 Å². The molecule has 0 atom stereocenters. The minimum atomic E-state index is -0.211. The third-order valence-corrected chi connectivity index (χ3v) is 5.15. The van der Waals surface area contributed by atoms with Crippen molar-refractivity contribution >= 4 is 17.6 Å². The summed E-state index contributed by atoms with van der Waals surface area (Å²) in [6.07, 6.45) is 1.02. The summed E-state index contributed by atoms with van der Waals surface area (Å²) in [7, 11) is 0. The Morgan fingerprint density at radius 3 is 2.34 bits per heavy atom. The second kappa shape index (κ2) is 10.3. The molecule has 0 saturated carbocycles. The van der Waals surface area contributed by atoms with E-state index in [1.165, 1.54) is 5.56 Å². The quantitative estimate of drug-likeness (QED) is 0.548. The first kappa shape index (κ1) is 23.3. The molecule has 0 spiro atoms. The molecular weight excluding hydrogens is 400 g/mol. The van der Waals surface area contributed by atoms with Gasteiger partial charge in [-0.1, -0.05) is 63.2 Å². The zero-order chi connectivity index (χ0) is 23.1. The van der Waals surface area contributed by atoms with E-state index in [4.69, 9.17) is 5.10 Å². The average Bonchev–Trinajstić information content (AvgIpc) is 3.17. The predicted octanol–water partition coefficient (Wildman–Crippen LogP) is 4.56. The van der Waals surface area contributed by atoms with Crippen LogP contribution in [0.15, 0.2) is 60.7 Å². The fourth-order valence-electron chi connectivity index (χ4n) is 3.30. The van der Waals surface area contributed by atoms with Crippen LogP contribution in [0.25, 0.3) is 5.69 Å². The van der Waals surface area contributed by atoms with Gasteiger partial charge in [0, 0.05) is 30.9 Å². The van der Waals surface area contributed by atoms with Crippen molar-refractivity contribution < 1.29 is 9.59 Å². The molecular formula is C26H32N4O2. The lowest BCUT2D eigenvalue weighted by atomic mass is 9.92. The van der Waals surface area contributed by atoms with Gasteiger partial charge in [-0.2, -0.15) is 5.10 Å². The Bertz CT molecular complexity index is 1060. The van der Waals surface area contributed by atoms with Gasteiger partial charge < -0.3 is 10.6 Å². The molecule has 6 nitrogen and oxygen atoms in total. The van der Waals surface area contributed by atoms with Crippen LogP contribution in [0.2, 0.25) is 0 Å². The summed E-state index contributed by atoms with van der Waals surface area (Å²) >= 11 is 0. The molecule has 0 saturated heterocycles. The van der Waals surface area contributed by atoms with Gasteiger partial charge in [0.25, 0.3) is 0 Å². The van der Waals surface area contributed by atoms with Crippen LogP contribution in [0.4, 0.5) is 5.82 Å². The first-order valence-corrected chi connectivity index (χ1v) is 11.0. The number of carbonyl (C=O) groups excluding carboxylic acids is 2. The Labute approximate surface area is 190 Å². The number of rotatable bonds is 8. The smallest absolute Gasteiger partial charge is 0.226 e. The van der Waals surface area contributed by atoms with E-state index in [0.29, 0.717) is 12.4 Å². The van der Waals surface area contributed by atoms with Crippen molar-refractivity contribution in [2.24, 2.45) is 0 Å². The summed E-state index contributed by atoms with van der Waals surface area (Å²) in [5, 5.41) is 10.6. The van der Waals surface area contributed by atoms with Crippen molar-refractivity contribution in [3.8, 4) is 5.69 Å². The van der Waals surface area contributed by atoms with Crippen molar-refractivity contribution in [2.45, 2.75) is 52.4 Å². The maximum Gasteiger partial charge on any atom is 0.226 e. The highest BCUT2D eigenvalue weighted by Crippen LogP contribution is 2.26. The molecule has 1 heterocycles. The monoisotopic (exact) mass is 432 g/mol. The van der Waals surface area contributed by atoms with Gasteiger partial charge >= 0.3 is 0 Å². The van der Waals surface area contributed by atoms with Crippen molar-refractivity contribution in [1.29, 1.82) is 0 Å². The molecule has 2 N–H and O–H groups in total. The Morgan fingerprint density at radius 2 is 1.66 bits per heavy atom. The lowest BCUT2D eigenvalue weighted by molar-refractivity contribution is -0.124. The van der Waals surface area contributed by atoms with Gasteiger partial charge in [-0.15, -0.1) is 0 Å². The number of aryl methyl sites for hydroxylation is 1. The van der Waals surface area contributed by atoms with Crippen LogP contribution in [-0.4, -0.2) is 28.1 Å². The number of benzene rings is 2. The SMILES string of the molecule is Cc1cccc(-n2nc(C(C)(C)C)cc2NC(=O)CCC(=O)NCCc2ccccc2)c1. The van der Waals surface area contributed by atoms with Crippen molar-refractivity contribution in [3.63, 3.8) is 0 Å². The van der Waals surface area contributed by atoms with E-state index in [1.54, 1.807) is 4.68 Å². The number of carbonyl (C=O) groups is 2. The molecule has 0 aliphatic rings. The predicted molar refractivity (Wildman–Crippen MR) is 128 cm³/mol. The number of anilines is 1. The molecule has 0 bridgehead atoms. The molecule has 2 amide bonds. The summed E-state index contributed by atoms with van der Waals surface area (Å²) in [6, 6.07) is 19.9. The summed E-state index contributed by atoms with van der Waals surface area (Å²) in [4.78, 5) is 24.7.